The minimum Gasteiger partial charge on any atom is -0.299 e. The molecule has 0 saturated heterocycles. The molecule has 0 bridgehead atoms. The minimum absolute atomic E-state index is 0.187. The minimum atomic E-state index is -0.187. The van der Waals surface area contributed by atoms with E-state index in [-0.39, 0.29) is 5.82 Å². The number of fused-ring (bicyclic) bond motifs is 9. The standard InChI is InChI=1S/C25H17FN2/c1-14-7-8-16-12-21-23(15(2)19(16)11-14)20-13-22(26)17-5-3-4-6-18(17)24(20)28-10-9-27-25(21)28/h3-13H,1-2H3. The number of imidazole rings is 1. The van der Waals surface area contributed by atoms with E-state index in [0.717, 1.165) is 32.7 Å². The Morgan fingerprint density at radius 1 is 0.821 bits per heavy atom. The smallest absolute Gasteiger partial charge is 0.145 e. The second kappa shape index (κ2) is 5.29. The fourth-order valence-electron chi connectivity index (χ4n) is 4.66. The third kappa shape index (κ3) is 1.88. The zero-order valence-corrected chi connectivity index (χ0v) is 15.6. The quantitative estimate of drug-likeness (QED) is 0.216. The Labute approximate surface area is 160 Å². The van der Waals surface area contributed by atoms with Crippen LogP contribution in [0, 0.1) is 19.7 Å². The molecule has 0 fully saturated rings. The number of rotatable bonds is 0. The van der Waals surface area contributed by atoms with Gasteiger partial charge in [-0.1, -0.05) is 48.0 Å². The van der Waals surface area contributed by atoms with E-state index in [1.807, 2.05) is 36.7 Å². The monoisotopic (exact) mass is 364 g/mol. The fourth-order valence-corrected chi connectivity index (χ4v) is 4.66. The predicted molar refractivity (Wildman–Crippen MR) is 115 cm³/mol. The first-order chi connectivity index (χ1) is 13.6. The maximum atomic E-state index is 15.1. The summed E-state index contributed by atoms with van der Waals surface area (Å²) in [6.45, 7) is 4.24. The topological polar surface area (TPSA) is 17.3 Å². The predicted octanol–water partition coefficient (Wildman–Crippen LogP) is 6.70. The molecule has 0 aliphatic heterocycles. The normalized spacial score (nSPS) is 12.1. The van der Waals surface area contributed by atoms with Gasteiger partial charge in [0, 0.05) is 33.9 Å². The molecule has 0 atom stereocenters. The molecule has 0 spiro atoms. The summed E-state index contributed by atoms with van der Waals surface area (Å²) in [7, 11) is 0. The first-order valence-corrected chi connectivity index (χ1v) is 9.43. The van der Waals surface area contributed by atoms with Crippen molar-refractivity contribution in [3.8, 4) is 0 Å². The lowest BCUT2D eigenvalue weighted by Gasteiger charge is -2.15. The Hall–Kier alpha value is -3.46. The highest BCUT2D eigenvalue weighted by atomic mass is 19.1. The molecule has 0 aliphatic rings. The van der Waals surface area contributed by atoms with Crippen molar-refractivity contribution in [1.29, 1.82) is 0 Å². The molecule has 28 heavy (non-hydrogen) atoms. The molecular weight excluding hydrogens is 347 g/mol. The van der Waals surface area contributed by atoms with Gasteiger partial charge in [0.1, 0.15) is 11.5 Å². The van der Waals surface area contributed by atoms with E-state index < -0.39 is 0 Å². The van der Waals surface area contributed by atoms with Crippen molar-refractivity contribution >= 4 is 48.9 Å². The van der Waals surface area contributed by atoms with E-state index in [0.29, 0.717) is 5.39 Å². The van der Waals surface area contributed by atoms with Crippen LogP contribution in [0.3, 0.4) is 0 Å². The maximum Gasteiger partial charge on any atom is 0.145 e. The maximum absolute atomic E-state index is 15.1. The van der Waals surface area contributed by atoms with Crippen LogP contribution in [0.15, 0.2) is 67.0 Å². The number of hydrogen-bond donors (Lipinski definition) is 0. The molecule has 0 radical (unpaired) electrons. The number of benzene rings is 4. The molecule has 0 amide bonds. The van der Waals surface area contributed by atoms with Gasteiger partial charge in [-0.3, -0.25) is 4.40 Å². The Bertz CT molecular complexity index is 1590. The first-order valence-electron chi connectivity index (χ1n) is 9.43. The van der Waals surface area contributed by atoms with E-state index >= 15 is 4.39 Å². The van der Waals surface area contributed by atoms with Gasteiger partial charge in [-0.25, -0.2) is 9.37 Å². The summed E-state index contributed by atoms with van der Waals surface area (Å²) in [5, 5.41) is 7.00. The van der Waals surface area contributed by atoms with Crippen molar-refractivity contribution in [3.05, 3.63) is 83.9 Å². The zero-order valence-electron chi connectivity index (χ0n) is 15.6. The lowest BCUT2D eigenvalue weighted by Crippen LogP contribution is -1.96. The van der Waals surface area contributed by atoms with Crippen molar-refractivity contribution in [2.45, 2.75) is 13.8 Å². The lowest BCUT2D eigenvalue weighted by atomic mass is 9.93. The van der Waals surface area contributed by atoms with Crippen LogP contribution in [0.25, 0.3) is 48.9 Å². The Morgan fingerprint density at radius 2 is 1.64 bits per heavy atom. The SMILES string of the molecule is Cc1ccc2cc3c(c(C)c2c1)c1cc(F)c2ccccc2c1n1ccnc31. The van der Waals surface area contributed by atoms with Gasteiger partial charge >= 0.3 is 0 Å². The summed E-state index contributed by atoms with van der Waals surface area (Å²) < 4.78 is 17.2. The van der Waals surface area contributed by atoms with Gasteiger partial charge in [-0.15, -0.1) is 0 Å². The lowest BCUT2D eigenvalue weighted by molar-refractivity contribution is 0.641. The number of halogens is 1. The summed E-state index contributed by atoms with van der Waals surface area (Å²) in [6, 6.07) is 18.0. The van der Waals surface area contributed by atoms with E-state index in [4.69, 9.17) is 0 Å². The largest absolute Gasteiger partial charge is 0.299 e. The summed E-state index contributed by atoms with van der Waals surface area (Å²) >= 11 is 0. The van der Waals surface area contributed by atoms with Gasteiger partial charge in [0.2, 0.25) is 0 Å². The van der Waals surface area contributed by atoms with Crippen LogP contribution < -0.4 is 0 Å². The van der Waals surface area contributed by atoms with Crippen molar-refractivity contribution < 1.29 is 4.39 Å². The molecule has 6 aromatic rings. The van der Waals surface area contributed by atoms with Crippen molar-refractivity contribution in [1.82, 2.24) is 9.38 Å². The van der Waals surface area contributed by atoms with Crippen LogP contribution in [-0.4, -0.2) is 9.38 Å². The number of hydrogen-bond acceptors (Lipinski definition) is 1. The average Bonchev–Trinajstić information content (AvgIpc) is 3.18. The highest BCUT2D eigenvalue weighted by molar-refractivity contribution is 6.22. The molecule has 0 saturated carbocycles. The molecule has 2 nitrogen and oxygen atoms in total. The van der Waals surface area contributed by atoms with Crippen molar-refractivity contribution in [2.75, 3.05) is 0 Å². The Kier molecular flexibility index (Phi) is 2.95. The molecule has 2 aromatic heterocycles. The van der Waals surface area contributed by atoms with Crippen molar-refractivity contribution in [3.63, 3.8) is 0 Å². The van der Waals surface area contributed by atoms with Crippen LogP contribution >= 0.6 is 0 Å². The van der Waals surface area contributed by atoms with E-state index in [2.05, 4.69) is 47.5 Å². The average molecular weight is 364 g/mol. The number of aromatic nitrogens is 2. The first kappa shape index (κ1) is 15.6. The number of pyridine rings is 1. The van der Waals surface area contributed by atoms with Crippen LogP contribution in [0.1, 0.15) is 11.1 Å². The Balaban J connectivity index is 2.02. The third-order valence-corrected chi connectivity index (χ3v) is 5.91. The number of nitrogens with zero attached hydrogens (tertiary/aromatic N) is 2. The molecule has 3 heteroatoms. The third-order valence-electron chi connectivity index (χ3n) is 5.91. The summed E-state index contributed by atoms with van der Waals surface area (Å²) in [5.74, 6) is -0.187. The summed E-state index contributed by atoms with van der Waals surface area (Å²) in [6.07, 6.45) is 3.79. The zero-order chi connectivity index (χ0) is 19.0. The van der Waals surface area contributed by atoms with Crippen LogP contribution in [0.4, 0.5) is 4.39 Å². The summed E-state index contributed by atoms with van der Waals surface area (Å²) in [4.78, 5) is 4.66. The van der Waals surface area contributed by atoms with Gasteiger partial charge < -0.3 is 0 Å². The molecule has 2 heterocycles. The second-order valence-electron chi connectivity index (χ2n) is 7.57. The molecule has 0 aliphatic carbocycles. The molecule has 6 rings (SSSR count). The molecule has 134 valence electrons. The Morgan fingerprint density at radius 3 is 2.50 bits per heavy atom. The summed E-state index contributed by atoms with van der Waals surface area (Å²) in [5.41, 5.74) is 4.30. The van der Waals surface area contributed by atoms with Gasteiger partial charge in [0.25, 0.3) is 0 Å². The van der Waals surface area contributed by atoms with Gasteiger partial charge in [0.15, 0.2) is 0 Å². The van der Waals surface area contributed by atoms with E-state index in [9.17, 15) is 0 Å². The highest BCUT2D eigenvalue weighted by Gasteiger charge is 2.17. The van der Waals surface area contributed by atoms with E-state index in [1.54, 1.807) is 6.07 Å². The van der Waals surface area contributed by atoms with Crippen LogP contribution in [-0.2, 0) is 0 Å². The second-order valence-corrected chi connectivity index (χ2v) is 7.57. The molecule has 4 aromatic carbocycles. The molecule has 0 N–H and O–H groups in total. The van der Waals surface area contributed by atoms with Gasteiger partial charge in [-0.05, 0) is 47.7 Å². The highest BCUT2D eigenvalue weighted by Crippen LogP contribution is 2.39. The van der Waals surface area contributed by atoms with Gasteiger partial charge in [-0.2, -0.15) is 0 Å². The number of aryl methyl sites for hydroxylation is 2. The molecule has 0 unspecified atom stereocenters. The fraction of sp³-hybridized carbons (Fsp3) is 0.0800. The van der Waals surface area contributed by atoms with Crippen LogP contribution in [0.2, 0.25) is 0 Å². The van der Waals surface area contributed by atoms with Crippen LogP contribution in [0.5, 0.6) is 0 Å². The molecular formula is C25H17FN2. The van der Waals surface area contributed by atoms with Crippen molar-refractivity contribution in [2.24, 2.45) is 0 Å². The van der Waals surface area contributed by atoms with Gasteiger partial charge in [0.05, 0.1) is 5.52 Å². The van der Waals surface area contributed by atoms with E-state index in [1.165, 1.54) is 21.9 Å².